The van der Waals surface area contributed by atoms with Crippen molar-refractivity contribution >= 4 is 22.6 Å². The Morgan fingerprint density at radius 1 is 1.26 bits per heavy atom. The standard InChI is InChI=1S/C14H9FN2O2/c15-10-8-16-6-5-11(10)17-14(18)13-7-9-3-1-2-4-12(9)19-13/h1-8H,(H,16,17,18). The second-order valence-corrected chi connectivity index (χ2v) is 3.96. The molecule has 0 fully saturated rings. The Hall–Kier alpha value is -2.69. The van der Waals surface area contributed by atoms with Crippen LogP contribution in [-0.4, -0.2) is 10.9 Å². The molecule has 19 heavy (non-hydrogen) atoms. The van der Waals surface area contributed by atoms with E-state index < -0.39 is 11.7 Å². The van der Waals surface area contributed by atoms with Gasteiger partial charge in [0.05, 0.1) is 11.9 Å². The van der Waals surface area contributed by atoms with Crippen LogP contribution in [0.3, 0.4) is 0 Å². The van der Waals surface area contributed by atoms with Gasteiger partial charge in [-0.1, -0.05) is 18.2 Å². The number of hydrogen-bond acceptors (Lipinski definition) is 3. The van der Waals surface area contributed by atoms with E-state index in [1.807, 2.05) is 18.2 Å². The molecule has 0 unspecified atom stereocenters. The topological polar surface area (TPSA) is 55.1 Å². The molecule has 2 aromatic heterocycles. The number of amides is 1. The molecule has 0 aliphatic rings. The van der Waals surface area contributed by atoms with Crippen LogP contribution in [0, 0.1) is 5.82 Å². The van der Waals surface area contributed by atoms with E-state index in [-0.39, 0.29) is 11.4 Å². The van der Waals surface area contributed by atoms with Gasteiger partial charge in [0.15, 0.2) is 11.6 Å². The minimum absolute atomic E-state index is 0.0699. The quantitative estimate of drug-likeness (QED) is 0.765. The number of para-hydroxylation sites is 1. The van der Waals surface area contributed by atoms with E-state index in [4.69, 9.17) is 4.42 Å². The summed E-state index contributed by atoms with van der Waals surface area (Å²) in [4.78, 5) is 15.6. The van der Waals surface area contributed by atoms with E-state index >= 15 is 0 Å². The first-order valence-corrected chi connectivity index (χ1v) is 5.63. The number of benzene rings is 1. The largest absolute Gasteiger partial charge is 0.451 e. The number of aromatic nitrogens is 1. The lowest BCUT2D eigenvalue weighted by Gasteiger charge is -2.02. The van der Waals surface area contributed by atoms with E-state index in [0.29, 0.717) is 5.58 Å². The fourth-order valence-corrected chi connectivity index (χ4v) is 1.75. The van der Waals surface area contributed by atoms with Gasteiger partial charge in [-0.25, -0.2) is 4.39 Å². The van der Waals surface area contributed by atoms with E-state index in [1.54, 1.807) is 12.1 Å². The summed E-state index contributed by atoms with van der Waals surface area (Å²) in [7, 11) is 0. The van der Waals surface area contributed by atoms with E-state index in [1.165, 1.54) is 12.3 Å². The molecule has 3 aromatic rings. The number of rotatable bonds is 2. The van der Waals surface area contributed by atoms with Crippen molar-refractivity contribution in [2.75, 3.05) is 5.32 Å². The Labute approximate surface area is 107 Å². The number of hydrogen-bond donors (Lipinski definition) is 1. The summed E-state index contributed by atoms with van der Waals surface area (Å²) in [6.07, 6.45) is 2.44. The van der Waals surface area contributed by atoms with Gasteiger partial charge in [0, 0.05) is 11.6 Å². The van der Waals surface area contributed by atoms with Crippen LogP contribution in [0.25, 0.3) is 11.0 Å². The van der Waals surface area contributed by atoms with Crippen molar-refractivity contribution < 1.29 is 13.6 Å². The molecular weight excluding hydrogens is 247 g/mol. The van der Waals surface area contributed by atoms with Crippen LogP contribution in [0.15, 0.2) is 53.2 Å². The van der Waals surface area contributed by atoms with Gasteiger partial charge in [-0.3, -0.25) is 9.78 Å². The number of fused-ring (bicyclic) bond motifs is 1. The molecule has 0 aliphatic carbocycles. The molecule has 0 aliphatic heterocycles. The van der Waals surface area contributed by atoms with Crippen molar-refractivity contribution in [2.24, 2.45) is 0 Å². The zero-order chi connectivity index (χ0) is 13.2. The van der Waals surface area contributed by atoms with Crippen LogP contribution in [0.1, 0.15) is 10.6 Å². The van der Waals surface area contributed by atoms with Crippen molar-refractivity contribution in [2.45, 2.75) is 0 Å². The third-order valence-corrected chi connectivity index (χ3v) is 2.67. The second kappa shape index (κ2) is 4.53. The molecule has 0 bridgehead atoms. The number of nitrogens with one attached hydrogen (secondary N) is 1. The average molecular weight is 256 g/mol. The van der Waals surface area contributed by atoms with Crippen LogP contribution in [0.4, 0.5) is 10.1 Å². The highest BCUT2D eigenvalue weighted by atomic mass is 19.1. The summed E-state index contributed by atoms with van der Waals surface area (Å²) >= 11 is 0. The number of carbonyl (C=O) groups is 1. The van der Waals surface area contributed by atoms with Crippen molar-refractivity contribution in [1.29, 1.82) is 0 Å². The van der Waals surface area contributed by atoms with Gasteiger partial charge in [-0.15, -0.1) is 0 Å². The summed E-state index contributed by atoms with van der Waals surface area (Å²) in [5.41, 5.74) is 0.684. The van der Waals surface area contributed by atoms with Crippen LogP contribution in [0.5, 0.6) is 0 Å². The molecule has 5 heteroatoms. The SMILES string of the molecule is O=C(Nc1ccncc1F)c1cc2ccccc2o1. The van der Waals surface area contributed by atoms with Gasteiger partial charge in [-0.05, 0) is 18.2 Å². The highest BCUT2D eigenvalue weighted by Gasteiger charge is 2.13. The summed E-state index contributed by atoms with van der Waals surface area (Å²) in [5, 5.41) is 3.26. The lowest BCUT2D eigenvalue weighted by Crippen LogP contribution is -2.12. The smallest absolute Gasteiger partial charge is 0.291 e. The molecule has 3 rings (SSSR count). The zero-order valence-corrected chi connectivity index (χ0v) is 9.76. The van der Waals surface area contributed by atoms with Gasteiger partial charge in [0.25, 0.3) is 5.91 Å². The van der Waals surface area contributed by atoms with Crippen LogP contribution >= 0.6 is 0 Å². The van der Waals surface area contributed by atoms with E-state index in [9.17, 15) is 9.18 Å². The Balaban J connectivity index is 1.90. The molecule has 0 saturated heterocycles. The summed E-state index contributed by atoms with van der Waals surface area (Å²) < 4.78 is 18.8. The van der Waals surface area contributed by atoms with Crippen LogP contribution < -0.4 is 5.32 Å². The maximum atomic E-state index is 13.4. The normalized spacial score (nSPS) is 10.6. The van der Waals surface area contributed by atoms with Crippen LogP contribution in [-0.2, 0) is 0 Å². The minimum atomic E-state index is -0.591. The van der Waals surface area contributed by atoms with Crippen LogP contribution in [0.2, 0.25) is 0 Å². The number of pyridine rings is 1. The molecule has 0 saturated carbocycles. The average Bonchev–Trinajstić information content (AvgIpc) is 2.85. The molecule has 94 valence electrons. The predicted molar refractivity (Wildman–Crippen MR) is 68.4 cm³/mol. The Bertz CT molecular complexity index is 719. The molecule has 2 heterocycles. The van der Waals surface area contributed by atoms with Crippen molar-refractivity contribution in [3.8, 4) is 0 Å². The Kier molecular flexibility index (Phi) is 2.72. The first-order chi connectivity index (χ1) is 9.24. The van der Waals surface area contributed by atoms with E-state index in [2.05, 4.69) is 10.3 Å². The molecule has 1 amide bonds. The highest BCUT2D eigenvalue weighted by Crippen LogP contribution is 2.20. The molecular formula is C14H9FN2O2. The highest BCUT2D eigenvalue weighted by molar-refractivity contribution is 6.04. The third-order valence-electron chi connectivity index (χ3n) is 2.67. The molecule has 0 atom stereocenters. The maximum Gasteiger partial charge on any atom is 0.291 e. The monoisotopic (exact) mass is 256 g/mol. The molecule has 1 N–H and O–H groups in total. The van der Waals surface area contributed by atoms with Crippen molar-refractivity contribution in [3.63, 3.8) is 0 Å². The first-order valence-electron chi connectivity index (χ1n) is 5.63. The van der Waals surface area contributed by atoms with Gasteiger partial charge in [0.2, 0.25) is 0 Å². The second-order valence-electron chi connectivity index (χ2n) is 3.96. The van der Waals surface area contributed by atoms with Gasteiger partial charge < -0.3 is 9.73 Å². The Morgan fingerprint density at radius 3 is 2.89 bits per heavy atom. The predicted octanol–water partition coefficient (Wildman–Crippen LogP) is 3.22. The summed E-state index contributed by atoms with van der Waals surface area (Å²) in [6, 6.07) is 10.3. The fraction of sp³-hybridized carbons (Fsp3) is 0. The number of anilines is 1. The van der Waals surface area contributed by atoms with Crippen molar-refractivity contribution in [3.05, 3.63) is 60.4 Å². The number of carbonyl (C=O) groups excluding carboxylic acids is 1. The van der Waals surface area contributed by atoms with Gasteiger partial charge in [0.1, 0.15) is 5.58 Å². The number of halogens is 1. The van der Waals surface area contributed by atoms with Crippen molar-refractivity contribution in [1.82, 2.24) is 4.98 Å². The fourth-order valence-electron chi connectivity index (χ4n) is 1.75. The Morgan fingerprint density at radius 2 is 2.11 bits per heavy atom. The lowest BCUT2D eigenvalue weighted by atomic mass is 10.2. The van der Waals surface area contributed by atoms with Gasteiger partial charge in [-0.2, -0.15) is 0 Å². The van der Waals surface area contributed by atoms with Gasteiger partial charge >= 0.3 is 0 Å². The lowest BCUT2D eigenvalue weighted by molar-refractivity contribution is 0.0998. The molecule has 1 aromatic carbocycles. The molecule has 4 nitrogen and oxygen atoms in total. The third kappa shape index (κ3) is 2.18. The first kappa shape index (κ1) is 11.4. The zero-order valence-electron chi connectivity index (χ0n) is 9.76. The minimum Gasteiger partial charge on any atom is -0.451 e. The molecule has 0 spiro atoms. The summed E-state index contributed by atoms with van der Waals surface area (Å²) in [6.45, 7) is 0. The summed E-state index contributed by atoms with van der Waals surface area (Å²) in [5.74, 6) is -0.953. The maximum absolute atomic E-state index is 13.4. The number of nitrogens with zero attached hydrogens (tertiary/aromatic N) is 1. The molecule has 0 radical (unpaired) electrons. The van der Waals surface area contributed by atoms with E-state index in [0.717, 1.165) is 11.6 Å². The number of furan rings is 1.